The first-order valence-electron chi connectivity index (χ1n) is 6.63. The third kappa shape index (κ3) is 2.54. The number of nitrogens with zero attached hydrogens (tertiary/aromatic N) is 2. The maximum absolute atomic E-state index is 10.7. The van der Waals surface area contributed by atoms with Gasteiger partial charge in [0.25, 0.3) is 5.69 Å². The standard InChI is InChI=1S/C16H13N3O3/c1-10-18-15(11-4-8-14(9-5-11)19(20)21)16(22-10)12-2-6-13(17)7-3-12/h2-9H,17H2,1H3. The number of aromatic nitrogens is 1. The van der Waals surface area contributed by atoms with Crippen LogP contribution in [0.3, 0.4) is 0 Å². The molecule has 22 heavy (non-hydrogen) atoms. The van der Waals surface area contributed by atoms with E-state index in [0.29, 0.717) is 23.0 Å². The largest absolute Gasteiger partial charge is 0.440 e. The van der Waals surface area contributed by atoms with Gasteiger partial charge in [-0.3, -0.25) is 10.1 Å². The van der Waals surface area contributed by atoms with Crippen molar-refractivity contribution in [3.63, 3.8) is 0 Å². The lowest BCUT2D eigenvalue weighted by Gasteiger charge is -2.02. The van der Waals surface area contributed by atoms with E-state index >= 15 is 0 Å². The number of nitrogens with two attached hydrogens (primary N) is 1. The van der Waals surface area contributed by atoms with E-state index < -0.39 is 4.92 Å². The number of anilines is 1. The molecule has 6 nitrogen and oxygen atoms in total. The summed E-state index contributed by atoms with van der Waals surface area (Å²) >= 11 is 0. The SMILES string of the molecule is Cc1nc(-c2ccc([N+](=O)[O-])cc2)c(-c2ccc(N)cc2)o1. The highest BCUT2D eigenvalue weighted by atomic mass is 16.6. The molecule has 0 radical (unpaired) electrons. The summed E-state index contributed by atoms with van der Waals surface area (Å²) in [4.78, 5) is 14.7. The first-order chi connectivity index (χ1) is 10.5. The smallest absolute Gasteiger partial charge is 0.269 e. The number of rotatable bonds is 3. The molecule has 0 aliphatic carbocycles. The van der Waals surface area contributed by atoms with Crippen LogP contribution in [0.2, 0.25) is 0 Å². The van der Waals surface area contributed by atoms with Crippen molar-refractivity contribution in [2.75, 3.05) is 5.73 Å². The third-order valence-electron chi connectivity index (χ3n) is 3.26. The minimum absolute atomic E-state index is 0.0398. The van der Waals surface area contributed by atoms with Crippen molar-refractivity contribution in [1.29, 1.82) is 0 Å². The molecule has 3 rings (SSSR count). The summed E-state index contributed by atoms with van der Waals surface area (Å²) < 4.78 is 5.69. The molecular formula is C16H13N3O3. The minimum Gasteiger partial charge on any atom is -0.440 e. The Morgan fingerprint density at radius 3 is 2.23 bits per heavy atom. The van der Waals surface area contributed by atoms with Crippen molar-refractivity contribution in [3.8, 4) is 22.6 Å². The molecular weight excluding hydrogens is 282 g/mol. The van der Waals surface area contributed by atoms with Crippen molar-refractivity contribution in [3.05, 3.63) is 64.5 Å². The van der Waals surface area contributed by atoms with Gasteiger partial charge in [-0.05, 0) is 36.4 Å². The number of oxazole rings is 1. The van der Waals surface area contributed by atoms with E-state index in [4.69, 9.17) is 10.2 Å². The molecule has 1 heterocycles. The van der Waals surface area contributed by atoms with Gasteiger partial charge in [0, 0.05) is 35.9 Å². The van der Waals surface area contributed by atoms with Crippen molar-refractivity contribution in [2.24, 2.45) is 0 Å². The molecule has 2 aromatic carbocycles. The van der Waals surface area contributed by atoms with Crippen LogP contribution in [0.25, 0.3) is 22.6 Å². The number of nitrogen functional groups attached to an aromatic ring is 1. The maximum atomic E-state index is 10.7. The lowest BCUT2D eigenvalue weighted by molar-refractivity contribution is -0.384. The molecule has 0 atom stereocenters. The molecule has 0 spiro atoms. The first kappa shape index (κ1) is 13.8. The molecule has 110 valence electrons. The third-order valence-corrected chi connectivity index (χ3v) is 3.26. The molecule has 2 N–H and O–H groups in total. The highest BCUT2D eigenvalue weighted by Crippen LogP contribution is 2.33. The summed E-state index contributed by atoms with van der Waals surface area (Å²) in [7, 11) is 0. The molecule has 0 bridgehead atoms. The topological polar surface area (TPSA) is 95.2 Å². The average Bonchev–Trinajstić information content (AvgIpc) is 2.90. The van der Waals surface area contributed by atoms with Gasteiger partial charge in [-0.2, -0.15) is 0 Å². The molecule has 0 aliphatic heterocycles. The van der Waals surface area contributed by atoms with Crippen LogP contribution in [0.4, 0.5) is 11.4 Å². The number of nitro groups is 1. The molecule has 0 saturated carbocycles. The first-order valence-corrected chi connectivity index (χ1v) is 6.63. The molecule has 0 unspecified atom stereocenters. The van der Waals surface area contributed by atoms with Crippen molar-refractivity contribution in [2.45, 2.75) is 6.92 Å². The summed E-state index contributed by atoms with van der Waals surface area (Å²) in [6.45, 7) is 1.76. The second-order valence-corrected chi connectivity index (χ2v) is 4.84. The Hall–Kier alpha value is -3.15. The predicted molar refractivity (Wildman–Crippen MR) is 83.2 cm³/mol. The van der Waals surface area contributed by atoms with Gasteiger partial charge >= 0.3 is 0 Å². The summed E-state index contributed by atoms with van der Waals surface area (Å²) in [5, 5.41) is 10.7. The Kier molecular flexibility index (Phi) is 3.34. The number of non-ortho nitro benzene ring substituents is 1. The van der Waals surface area contributed by atoms with Gasteiger partial charge in [0.2, 0.25) is 0 Å². The van der Waals surface area contributed by atoms with Gasteiger partial charge < -0.3 is 10.2 Å². The molecule has 1 aromatic heterocycles. The summed E-state index contributed by atoms with van der Waals surface area (Å²) in [5.74, 6) is 1.14. The fourth-order valence-electron chi connectivity index (χ4n) is 2.19. The maximum Gasteiger partial charge on any atom is 0.269 e. The van der Waals surface area contributed by atoms with Gasteiger partial charge in [0.1, 0.15) is 5.69 Å². The zero-order valence-electron chi connectivity index (χ0n) is 11.8. The lowest BCUT2D eigenvalue weighted by Crippen LogP contribution is -1.88. The van der Waals surface area contributed by atoms with Crippen molar-refractivity contribution >= 4 is 11.4 Å². The van der Waals surface area contributed by atoms with E-state index in [2.05, 4.69) is 4.98 Å². The minimum atomic E-state index is -0.432. The van der Waals surface area contributed by atoms with E-state index in [1.165, 1.54) is 12.1 Å². The van der Waals surface area contributed by atoms with E-state index in [9.17, 15) is 10.1 Å². The molecule has 0 amide bonds. The van der Waals surface area contributed by atoms with Crippen LogP contribution in [-0.2, 0) is 0 Å². The predicted octanol–water partition coefficient (Wildman–Crippen LogP) is 3.81. The number of hydrogen-bond donors (Lipinski definition) is 1. The van der Waals surface area contributed by atoms with Crippen LogP contribution >= 0.6 is 0 Å². The van der Waals surface area contributed by atoms with E-state index in [-0.39, 0.29) is 5.69 Å². The Morgan fingerprint density at radius 2 is 1.64 bits per heavy atom. The normalized spacial score (nSPS) is 10.6. The zero-order valence-corrected chi connectivity index (χ0v) is 11.8. The summed E-state index contributed by atoms with van der Waals surface area (Å²) in [6.07, 6.45) is 0. The zero-order chi connectivity index (χ0) is 15.7. The lowest BCUT2D eigenvalue weighted by atomic mass is 10.1. The second-order valence-electron chi connectivity index (χ2n) is 4.84. The Morgan fingerprint density at radius 1 is 1.05 bits per heavy atom. The monoisotopic (exact) mass is 295 g/mol. The second kappa shape index (κ2) is 5.33. The molecule has 0 saturated heterocycles. The quantitative estimate of drug-likeness (QED) is 0.450. The van der Waals surface area contributed by atoms with Crippen LogP contribution < -0.4 is 5.73 Å². The van der Waals surface area contributed by atoms with Crippen LogP contribution in [0.15, 0.2) is 52.9 Å². The van der Waals surface area contributed by atoms with Gasteiger partial charge in [-0.15, -0.1) is 0 Å². The fraction of sp³-hybridized carbons (Fsp3) is 0.0625. The molecule has 0 fully saturated rings. The Bertz CT molecular complexity index is 821. The highest BCUT2D eigenvalue weighted by Gasteiger charge is 2.16. The van der Waals surface area contributed by atoms with Crippen molar-refractivity contribution < 1.29 is 9.34 Å². The molecule has 0 aliphatic rings. The van der Waals surface area contributed by atoms with E-state index in [0.717, 1.165) is 11.1 Å². The summed E-state index contributed by atoms with van der Waals surface area (Å²) in [5.41, 5.74) is 8.66. The van der Waals surface area contributed by atoms with E-state index in [1.807, 2.05) is 12.1 Å². The van der Waals surface area contributed by atoms with Gasteiger partial charge in [-0.25, -0.2) is 4.98 Å². The number of aryl methyl sites for hydroxylation is 1. The summed E-state index contributed by atoms with van der Waals surface area (Å²) in [6, 6.07) is 13.5. The fourth-order valence-corrected chi connectivity index (χ4v) is 2.19. The van der Waals surface area contributed by atoms with Gasteiger partial charge in [-0.1, -0.05) is 0 Å². The van der Waals surface area contributed by atoms with Crippen LogP contribution in [-0.4, -0.2) is 9.91 Å². The van der Waals surface area contributed by atoms with E-state index in [1.54, 1.807) is 31.2 Å². The number of benzene rings is 2. The van der Waals surface area contributed by atoms with Gasteiger partial charge in [0.15, 0.2) is 11.7 Å². The Balaban J connectivity index is 2.07. The highest BCUT2D eigenvalue weighted by molar-refractivity contribution is 5.77. The number of hydrogen-bond acceptors (Lipinski definition) is 5. The van der Waals surface area contributed by atoms with Crippen LogP contribution in [0.5, 0.6) is 0 Å². The molecule has 3 aromatic rings. The van der Waals surface area contributed by atoms with Crippen LogP contribution in [0.1, 0.15) is 5.89 Å². The Labute approximate surface area is 126 Å². The van der Waals surface area contributed by atoms with Crippen LogP contribution in [0, 0.1) is 17.0 Å². The molecule has 6 heteroatoms. The van der Waals surface area contributed by atoms with Gasteiger partial charge in [0.05, 0.1) is 4.92 Å². The number of nitro benzene ring substituents is 1. The van der Waals surface area contributed by atoms with Crippen molar-refractivity contribution in [1.82, 2.24) is 4.98 Å². The average molecular weight is 295 g/mol.